The highest BCUT2D eigenvalue weighted by Gasteiger charge is 2.35. The molecule has 2 N–H and O–H groups in total. The van der Waals surface area contributed by atoms with Crippen LogP contribution in [-0.4, -0.2) is 42.2 Å². The summed E-state index contributed by atoms with van der Waals surface area (Å²) in [6, 6.07) is 6.03. The second-order valence-corrected chi connectivity index (χ2v) is 7.94. The van der Waals surface area contributed by atoms with E-state index >= 15 is 0 Å². The van der Waals surface area contributed by atoms with Gasteiger partial charge in [0.2, 0.25) is 10.0 Å². The number of rotatable bonds is 8. The standard InChI is InChI=1S/C15H22N4O2S/c1-12(10-17-22(20,21)14-5-6-14)16-8-7-13-11-19-9-3-2-4-15(19)18-13/h2-4,9,11-12,14,16-17H,5-8,10H2,1H3. The minimum absolute atomic E-state index is 0.102. The fraction of sp³-hybridized carbons (Fsp3) is 0.533. The molecule has 2 heterocycles. The first-order chi connectivity index (χ1) is 10.5. The summed E-state index contributed by atoms with van der Waals surface area (Å²) in [7, 11) is -3.08. The molecule has 2 aromatic rings. The smallest absolute Gasteiger partial charge is 0.214 e. The van der Waals surface area contributed by atoms with Crippen LogP contribution in [0.3, 0.4) is 0 Å². The number of sulfonamides is 1. The molecule has 0 aromatic carbocycles. The number of fused-ring (bicyclic) bond motifs is 1. The Kier molecular flexibility index (Phi) is 4.46. The summed E-state index contributed by atoms with van der Waals surface area (Å²) in [5.41, 5.74) is 1.98. The van der Waals surface area contributed by atoms with Gasteiger partial charge in [-0.25, -0.2) is 18.1 Å². The lowest BCUT2D eigenvalue weighted by Gasteiger charge is -2.14. The van der Waals surface area contributed by atoms with E-state index in [4.69, 9.17) is 0 Å². The van der Waals surface area contributed by atoms with Crippen LogP contribution in [0.15, 0.2) is 30.6 Å². The highest BCUT2D eigenvalue weighted by Crippen LogP contribution is 2.27. The minimum atomic E-state index is -3.08. The van der Waals surface area contributed by atoms with Crippen LogP contribution in [0.4, 0.5) is 0 Å². The van der Waals surface area contributed by atoms with Gasteiger partial charge in [-0.15, -0.1) is 0 Å². The van der Waals surface area contributed by atoms with Gasteiger partial charge in [-0.05, 0) is 31.9 Å². The van der Waals surface area contributed by atoms with Crippen LogP contribution in [0.5, 0.6) is 0 Å². The Hall–Kier alpha value is -1.44. The molecule has 0 aliphatic heterocycles. The molecule has 22 heavy (non-hydrogen) atoms. The van der Waals surface area contributed by atoms with Crippen molar-refractivity contribution in [3.63, 3.8) is 0 Å². The Morgan fingerprint density at radius 1 is 1.41 bits per heavy atom. The largest absolute Gasteiger partial charge is 0.313 e. The number of hydrogen-bond acceptors (Lipinski definition) is 4. The topological polar surface area (TPSA) is 75.5 Å². The van der Waals surface area contributed by atoms with E-state index < -0.39 is 10.0 Å². The summed E-state index contributed by atoms with van der Waals surface area (Å²) in [6.07, 6.45) is 6.42. The molecule has 0 saturated heterocycles. The zero-order valence-electron chi connectivity index (χ0n) is 12.7. The van der Waals surface area contributed by atoms with Crippen LogP contribution in [-0.2, 0) is 16.4 Å². The molecule has 1 fully saturated rings. The molecule has 0 bridgehead atoms. The number of pyridine rings is 1. The van der Waals surface area contributed by atoms with Crippen molar-refractivity contribution in [2.45, 2.75) is 37.5 Å². The van der Waals surface area contributed by atoms with Crippen molar-refractivity contribution in [2.75, 3.05) is 13.1 Å². The zero-order valence-corrected chi connectivity index (χ0v) is 13.5. The summed E-state index contributed by atoms with van der Waals surface area (Å²) >= 11 is 0. The molecular formula is C15H22N4O2S. The van der Waals surface area contributed by atoms with Crippen LogP contribution < -0.4 is 10.0 Å². The summed E-state index contributed by atoms with van der Waals surface area (Å²) in [5, 5.41) is 3.18. The van der Waals surface area contributed by atoms with Crippen LogP contribution >= 0.6 is 0 Å². The normalized spacial score (nSPS) is 17.0. The first kappa shape index (κ1) is 15.5. The summed E-state index contributed by atoms with van der Waals surface area (Å²) in [4.78, 5) is 4.54. The van der Waals surface area contributed by atoms with E-state index in [1.54, 1.807) is 0 Å². The van der Waals surface area contributed by atoms with Crippen molar-refractivity contribution in [3.8, 4) is 0 Å². The Morgan fingerprint density at radius 3 is 2.95 bits per heavy atom. The maximum atomic E-state index is 11.7. The molecule has 3 rings (SSSR count). The van der Waals surface area contributed by atoms with Gasteiger partial charge in [0.05, 0.1) is 10.9 Å². The Morgan fingerprint density at radius 2 is 2.23 bits per heavy atom. The van der Waals surface area contributed by atoms with Crippen LogP contribution in [0.1, 0.15) is 25.5 Å². The van der Waals surface area contributed by atoms with Gasteiger partial charge in [-0.1, -0.05) is 6.07 Å². The maximum absolute atomic E-state index is 11.7. The highest BCUT2D eigenvalue weighted by molar-refractivity contribution is 7.90. The lowest BCUT2D eigenvalue weighted by atomic mass is 10.3. The molecule has 0 radical (unpaired) electrons. The third-order valence-corrected chi connectivity index (χ3v) is 5.76. The van der Waals surface area contributed by atoms with Crippen molar-refractivity contribution < 1.29 is 8.42 Å². The molecule has 2 aromatic heterocycles. The Balaban J connectivity index is 1.42. The Bertz CT molecular complexity index is 704. The number of imidazole rings is 1. The molecular weight excluding hydrogens is 300 g/mol. The quantitative estimate of drug-likeness (QED) is 0.758. The second-order valence-electron chi connectivity index (χ2n) is 5.90. The molecule has 1 unspecified atom stereocenters. The van der Waals surface area contributed by atoms with E-state index in [-0.39, 0.29) is 11.3 Å². The van der Waals surface area contributed by atoms with E-state index in [0.29, 0.717) is 6.54 Å². The van der Waals surface area contributed by atoms with Crippen molar-refractivity contribution in [1.82, 2.24) is 19.4 Å². The fourth-order valence-corrected chi connectivity index (χ4v) is 3.84. The molecule has 0 spiro atoms. The summed E-state index contributed by atoms with van der Waals surface area (Å²) in [6.45, 7) is 3.19. The predicted molar refractivity (Wildman–Crippen MR) is 86.3 cm³/mol. The molecule has 1 aliphatic rings. The van der Waals surface area contributed by atoms with E-state index in [1.807, 2.05) is 41.9 Å². The van der Waals surface area contributed by atoms with Crippen molar-refractivity contribution in [3.05, 3.63) is 36.3 Å². The molecule has 1 aliphatic carbocycles. The first-order valence-corrected chi connectivity index (χ1v) is 9.24. The summed E-state index contributed by atoms with van der Waals surface area (Å²) < 4.78 is 28.2. The molecule has 120 valence electrons. The van der Waals surface area contributed by atoms with Gasteiger partial charge in [0.15, 0.2) is 0 Å². The number of hydrogen-bond donors (Lipinski definition) is 2. The van der Waals surface area contributed by atoms with Gasteiger partial charge in [0, 0.05) is 37.9 Å². The summed E-state index contributed by atoms with van der Waals surface area (Å²) in [5.74, 6) is 0. The van der Waals surface area contributed by atoms with Gasteiger partial charge in [0.1, 0.15) is 5.65 Å². The third-order valence-electron chi connectivity index (χ3n) is 3.84. The average Bonchev–Trinajstić information content (AvgIpc) is 3.27. The predicted octanol–water partition coefficient (Wildman–Crippen LogP) is 0.937. The molecule has 1 saturated carbocycles. The first-order valence-electron chi connectivity index (χ1n) is 7.69. The zero-order chi connectivity index (χ0) is 15.6. The fourth-order valence-electron chi connectivity index (χ4n) is 2.36. The van der Waals surface area contributed by atoms with E-state index in [2.05, 4.69) is 15.0 Å². The lowest BCUT2D eigenvalue weighted by Crippen LogP contribution is -2.40. The van der Waals surface area contributed by atoms with E-state index in [1.165, 1.54) is 0 Å². The number of nitrogens with one attached hydrogen (secondary N) is 2. The monoisotopic (exact) mass is 322 g/mol. The third kappa shape index (κ3) is 3.85. The van der Waals surface area contributed by atoms with E-state index in [0.717, 1.165) is 37.1 Å². The lowest BCUT2D eigenvalue weighted by molar-refractivity contribution is 0.525. The average molecular weight is 322 g/mol. The Labute approximate surface area is 131 Å². The van der Waals surface area contributed by atoms with Crippen molar-refractivity contribution in [2.24, 2.45) is 0 Å². The van der Waals surface area contributed by atoms with Gasteiger partial charge in [0.25, 0.3) is 0 Å². The highest BCUT2D eigenvalue weighted by atomic mass is 32.2. The second kappa shape index (κ2) is 6.36. The number of aromatic nitrogens is 2. The van der Waals surface area contributed by atoms with Gasteiger partial charge in [-0.2, -0.15) is 0 Å². The molecule has 7 heteroatoms. The molecule has 6 nitrogen and oxygen atoms in total. The van der Waals surface area contributed by atoms with Crippen LogP contribution in [0, 0.1) is 0 Å². The van der Waals surface area contributed by atoms with Crippen molar-refractivity contribution in [1.29, 1.82) is 0 Å². The van der Waals surface area contributed by atoms with Crippen LogP contribution in [0.25, 0.3) is 5.65 Å². The minimum Gasteiger partial charge on any atom is -0.313 e. The molecule has 0 amide bonds. The van der Waals surface area contributed by atoms with Gasteiger partial charge >= 0.3 is 0 Å². The van der Waals surface area contributed by atoms with Crippen LogP contribution in [0.2, 0.25) is 0 Å². The van der Waals surface area contributed by atoms with Crippen molar-refractivity contribution >= 4 is 15.7 Å². The van der Waals surface area contributed by atoms with Gasteiger partial charge in [-0.3, -0.25) is 0 Å². The molecule has 1 atom stereocenters. The van der Waals surface area contributed by atoms with E-state index in [9.17, 15) is 8.42 Å². The SMILES string of the molecule is CC(CNS(=O)(=O)C1CC1)NCCc1cn2ccccc2n1. The maximum Gasteiger partial charge on any atom is 0.214 e. The number of nitrogens with zero attached hydrogens (tertiary/aromatic N) is 2. The van der Waals surface area contributed by atoms with Gasteiger partial charge < -0.3 is 9.72 Å².